The molecule has 1 aromatic carbocycles. The normalized spacial score (nSPS) is 27.2. The van der Waals surface area contributed by atoms with Crippen molar-refractivity contribution in [3.05, 3.63) is 33.8 Å². The molecule has 0 saturated carbocycles. The minimum atomic E-state index is -0.167. The zero-order valence-corrected chi connectivity index (χ0v) is 13.2. The van der Waals surface area contributed by atoms with E-state index in [0.717, 1.165) is 19.4 Å². The van der Waals surface area contributed by atoms with Crippen LogP contribution in [0.2, 0.25) is 0 Å². The van der Waals surface area contributed by atoms with Crippen LogP contribution in [0.25, 0.3) is 0 Å². The van der Waals surface area contributed by atoms with E-state index in [0.29, 0.717) is 6.04 Å². The molecule has 0 aliphatic carbocycles. The lowest BCUT2D eigenvalue weighted by atomic mass is 9.93. The van der Waals surface area contributed by atoms with Gasteiger partial charge in [-0.2, -0.15) is 5.06 Å². The highest BCUT2D eigenvalue weighted by molar-refractivity contribution is 9.10. The highest BCUT2D eigenvalue weighted by Crippen LogP contribution is 2.42. The molecule has 1 saturated heterocycles. The van der Waals surface area contributed by atoms with Crippen LogP contribution in [0.4, 0.5) is 0 Å². The molecule has 0 amide bonds. The Kier molecular flexibility index (Phi) is 3.46. The SMILES string of the molecule is CC(C)(C)O[C@@H]1C[C@H]2c3cccc(Br)c3CCN2O1. The van der Waals surface area contributed by atoms with Crippen LogP contribution in [0.5, 0.6) is 0 Å². The fraction of sp³-hybridized carbons (Fsp3) is 0.600. The van der Waals surface area contributed by atoms with Crippen LogP contribution < -0.4 is 0 Å². The lowest BCUT2D eigenvalue weighted by molar-refractivity contribution is -0.266. The van der Waals surface area contributed by atoms with Crippen molar-refractivity contribution in [3.8, 4) is 0 Å². The van der Waals surface area contributed by atoms with Gasteiger partial charge in [-0.25, -0.2) is 0 Å². The molecule has 3 nitrogen and oxygen atoms in total. The molecule has 2 aliphatic rings. The third kappa shape index (κ3) is 2.72. The lowest BCUT2D eigenvalue weighted by Gasteiger charge is -2.30. The van der Waals surface area contributed by atoms with Crippen molar-refractivity contribution in [1.82, 2.24) is 5.06 Å². The molecule has 0 bridgehead atoms. The van der Waals surface area contributed by atoms with Crippen molar-refractivity contribution < 1.29 is 9.57 Å². The molecule has 4 heteroatoms. The molecule has 19 heavy (non-hydrogen) atoms. The second-order valence-corrected chi connectivity index (χ2v) is 7.07. The molecule has 0 radical (unpaired) electrons. The smallest absolute Gasteiger partial charge is 0.180 e. The third-order valence-corrected chi connectivity index (χ3v) is 4.34. The Hall–Kier alpha value is -0.420. The van der Waals surface area contributed by atoms with Crippen LogP contribution in [-0.2, 0) is 16.0 Å². The average molecular weight is 326 g/mol. The van der Waals surface area contributed by atoms with E-state index in [9.17, 15) is 0 Å². The van der Waals surface area contributed by atoms with E-state index in [2.05, 4.69) is 60.0 Å². The van der Waals surface area contributed by atoms with Gasteiger partial charge in [-0.3, -0.25) is 4.84 Å². The Labute approximate surface area is 123 Å². The monoisotopic (exact) mass is 325 g/mol. The number of hydroxylamine groups is 2. The van der Waals surface area contributed by atoms with Gasteiger partial charge in [0.2, 0.25) is 0 Å². The van der Waals surface area contributed by atoms with Crippen molar-refractivity contribution in [1.29, 1.82) is 0 Å². The van der Waals surface area contributed by atoms with Gasteiger partial charge in [-0.05, 0) is 44.4 Å². The highest BCUT2D eigenvalue weighted by atomic mass is 79.9. The lowest BCUT2D eigenvalue weighted by Crippen LogP contribution is -2.31. The van der Waals surface area contributed by atoms with E-state index in [4.69, 9.17) is 9.57 Å². The predicted octanol–water partition coefficient (Wildman–Crippen LogP) is 3.82. The van der Waals surface area contributed by atoms with Crippen molar-refractivity contribution in [2.75, 3.05) is 6.54 Å². The summed E-state index contributed by atoms with van der Waals surface area (Å²) in [5.74, 6) is 0. The third-order valence-electron chi connectivity index (χ3n) is 3.60. The quantitative estimate of drug-likeness (QED) is 0.783. The molecule has 0 N–H and O–H groups in total. The first-order valence-electron chi connectivity index (χ1n) is 6.82. The number of rotatable bonds is 1. The molecule has 0 aromatic heterocycles. The molecule has 2 atom stereocenters. The topological polar surface area (TPSA) is 21.7 Å². The van der Waals surface area contributed by atoms with Gasteiger partial charge in [-0.15, -0.1) is 0 Å². The van der Waals surface area contributed by atoms with E-state index in [-0.39, 0.29) is 11.9 Å². The van der Waals surface area contributed by atoms with Crippen molar-refractivity contribution in [3.63, 3.8) is 0 Å². The number of hydrogen-bond acceptors (Lipinski definition) is 3. The standard InChI is InChI=1S/C15H20BrNO2/c1-15(2,3)18-14-9-13-11-5-4-6-12(16)10(11)7-8-17(13)19-14/h4-6,13-14H,7-9H2,1-3H3/t13-,14-/m0/s1. The Morgan fingerprint density at radius 3 is 2.89 bits per heavy atom. The Bertz CT molecular complexity index is 484. The van der Waals surface area contributed by atoms with Gasteiger partial charge in [0.1, 0.15) is 0 Å². The Morgan fingerprint density at radius 2 is 2.16 bits per heavy atom. The summed E-state index contributed by atoms with van der Waals surface area (Å²) in [6, 6.07) is 6.76. The van der Waals surface area contributed by atoms with E-state index >= 15 is 0 Å². The molecular weight excluding hydrogens is 306 g/mol. The summed E-state index contributed by atoms with van der Waals surface area (Å²) in [4.78, 5) is 5.93. The molecule has 2 heterocycles. The van der Waals surface area contributed by atoms with E-state index in [1.807, 2.05) is 0 Å². The summed E-state index contributed by atoms with van der Waals surface area (Å²) in [5.41, 5.74) is 2.63. The minimum absolute atomic E-state index is 0.130. The Balaban J connectivity index is 1.82. The fourth-order valence-corrected chi connectivity index (χ4v) is 3.48. The number of benzene rings is 1. The first-order chi connectivity index (χ1) is 8.94. The summed E-state index contributed by atoms with van der Waals surface area (Å²) in [5, 5.41) is 2.09. The maximum Gasteiger partial charge on any atom is 0.180 e. The van der Waals surface area contributed by atoms with Crippen LogP contribution in [0.15, 0.2) is 22.7 Å². The molecule has 3 rings (SSSR count). The molecule has 104 valence electrons. The summed E-state index contributed by atoms with van der Waals surface area (Å²) < 4.78 is 7.17. The fourth-order valence-electron chi connectivity index (χ4n) is 2.90. The van der Waals surface area contributed by atoms with Crippen LogP contribution >= 0.6 is 15.9 Å². The van der Waals surface area contributed by atoms with Crippen molar-refractivity contribution in [2.24, 2.45) is 0 Å². The highest BCUT2D eigenvalue weighted by Gasteiger charge is 2.40. The molecule has 0 unspecified atom stereocenters. The number of ether oxygens (including phenoxy) is 1. The van der Waals surface area contributed by atoms with Crippen LogP contribution in [0, 0.1) is 0 Å². The largest absolute Gasteiger partial charge is 0.345 e. The van der Waals surface area contributed by atoms with Gasteiger partial charge in [0.15, 0.2) is 6.29 Å². The van der Waals surface area contributed by atoms with Crippen LogP contribution in [0.1, 0.15) is 44.4 Å². The average Bonchev–Trinajstić information content (AvgIpc) is 2.69. The van der Waals surface area contributed by atoms with Gasteiger partial charge in [0.05, 0.1) is 11.6 Å². The summed E-state index contributed by atoms with van der Waals surface area (Å²) >= 11 is 3.65. The number of fused-ring (bicyclic) bond motifs is 3. The maximum absolute atomic E-state index is 5.96. The first kappa shape index (κ1) is 13.6. The zero-order valence-electron chi connectivity index (χ0n) is 11.6. The summed E-state index contributed by atoms with van der Waals surface area (Å²) in [6.45, 7) is 7.14. The van der Waals surface area contributed by atoms with Crippen LogP contribution in [-0.4, -0.2) is 23.5 Å². The van der Waals surface area contributed by atoms with Gasteiger partial charge >= 0.3 is 0 Å². The maximum atomic E-state index is 5.96. The second-order valence-electron chi connectivity index (χ2n) is 6.21. The molecule has 1 fully saturated rings. The number of nitrogens with zero attached hydrogens (tertiary/aromatic N) is 1. The van der Waals surface area contributed by atoms with Crippen LogP contribution in [0.3, 0.4) is 0 Å². The zero-order chi connectivity index (χ0) is 13.6. The molecular formula is C15H20BrNO2. The van der Waals surface area contributed by atoms with Crippen molar-refractivity contribution >= 4 is 15.9 Å². The number of hydrogen-bond donors (Lipinski definition) is 0. The molecule has 1 aromatic rings. The molecule has 2 aliphatic heterocycles. The predicted molar refractivity (Wildman–Crippen MR) is 77.6 cm³/mol. The van der Waals surface area contributed by atoms with Gasteiger partial charge in [0, 0.05) is 17.4 Å². The number of halogens is 1. The molecule has 0 spiro atoms. The van der Waals surface area contributed by atoms with Gasteiger partial charge in [0.25, 0.3) is 0 Å². The van der Waals surface area contributed by atoms with Gasteiger partial charge < -0.3 is 4.74 Å². The van der Waals surface area contributed by atoms with E-state index in [1.54, 1.807) is 0 Å². The second kappa shape index (κ2) is 4.85. The summed E-state index contributed by atoms with van der Waals surface area (Å²) in [7, 11) is 0. The Morgan fingerprint density at radius 1 is 1.37 bits per heavy atom. The first-order valence-corrected chi connectivity index (χ1v) is 7.62. The van der Waals surface area contributed by atoms with E-state index in [1.165, 1.54) is 15.6 Å². The van der Waals surface area contributed by atoms with Crippen molar-refractivity contribution in [2.45, 2.75) is 51.5 Å². The van der Waals surface area contributed by atoms with Gasteiger partial charge in [-0.1, -0.05) is 28.1 Å². The summed E-state index contributed by atoms with van der Waals surface area (Å²) in [6.07, 6.45) is 1.80. The minimum Gasteiger partial charge on any atom is -0.345 e. The van der Waals surface area contributed by atoms with E-state index < -0.39 is 0 Å².